The fourth-order valence-corrected chi connectivity index (χ4v) is 1.63. The highest BCUT2D eigenvalue weighted by Gasteiger charge is 2.02. The van der Waals surface area contributed by atoms with E-state index in [1.54, 1.807) is 7.05 Å². The second-order valence-corrected chi connectivity index (χ2v) is 4.94. The summed E-state index contributed by atoms with van der Waals surface area (Å²) in [6, 6.07) is 8.96. The maximum atomic E-state index is 4.22. The molecule has 1 atom stereocenters. The Balaban J connectivity index is 2.51. The molecule has 1 aromatic carbocycles. The Morgan fingerprint density at radius 2 is 1.89 bits per heavy atom. The standard InChI is InChI=1S/C15H26N4/c1-6-12(2)18-15(16-3)17-11-13-7-9-14(10-8-13)19(4)5/h7-10,12H,6,11H2,1-5H3,(H2,16,17,18). The van der Waals surface area contributed by atoms with E-state index in [2.05, 4.69) is 58.6 Å². The van der Waals surface area contributed by atoms with Crippen LogP contribution in [0.5, 0.6) is 0 Å². The number of aliphatic imine (C=N–C) groups is 1. The molecule has 1 rings (SSSR count). The van der Waals surface area contributed by atoms with Crippen LogP contribution in [-0.2, 0) is 6.54 Å². The first-order chi connectivity index (χ1) is 9.06. The average Bonchev–Trinajstić information content (AvgIpc) is 2.43. The molecule has 0 saturated carbocycles. The first-order valence-corrected chi connectivity index (χ1v) is 6.80. The highest BCUT2D eigenvalue weighted by Crippen LogP contribution is 2.11. The Hall–Kier alpha value is -1.71. The van der Waals surface area contributed by atoms with E-state index in [1.807, 2.05) is 14.1 Å². The van der Waals surface area contributed by atoms with Crippen molar-refractivity contribution >= 4 is 11.6 Å². The van der Waals surface area contributed by atoms with Gasteiger partial charge in [0.05, 0.1) is 0 Å². The van der Waals surface area contributed by atoms with Gasteiger partial charge in [-0.25, -0.2) is 0 Å². The molecule has 0 aromatic heterocycles. The van der Waals surface area contributed by atoms with Gasteiger partial charge in [0.25, 0.3) is 0 Å². The zero-order valence-corrected chi connectivity index (χ0v) is 12.7. The lowest BCUT2D eigenvalue weighted by Crippen LogP contribution is -2.41. The second-order valence-electron chi connectivity index (χ2n) is 4.94. The molecular weight excluding hydrogens is 236 g/mol. The number of anilines is 1. The Bertz CT molecular complexity index is 395. The zero-order valence-electron chi connectivity index (χ0n) is 12.7. The molecular formula is C15H26N4. The van der Waals surface area contributed by atoms with Gasteiger partial charge in [-0.15, -0.1) is 0 Å². The molecule has 19 heavy (non-hydrogen) atoms. The van der Waals surface area contributed by atoms with E-state index in [4.69, 9.17) is 0 Å². The number of nitrogens with zero attached hydrogens (tertiary/aromatic N) is 2. The summed E-state index contributed by atoms with van der Waals surface area (Å²) in [5, 5.41) is 6.67. The second kappa shape index (κ2) is 7.67. The van der Waals surface area contributed by atoms with Gasteiger partial charge in [-0.05, 0) is 31.0 Å². The highest BCUT2D eigenvalue weighted by atomic mass is 15.2. The minimum absolute atomic E-state index is 0.433. The van der Waals surface area contributed by atoms with Crippen LogP contribution in [0, 0.1) is 0 Å². The minimum atomic E-state index is 0.433. The Morgan fingerprint density at radius 1 is 1.26 bits per heavy atom. The number of hydrogen-bond donors (Lipinski definition) is 2. The number of nitrogens with one attached hydrogen (secondary N) is 2. The molecule has 1 aromatic rings. The number of rotatable bonds is 5. The van der Waals surface area contributed by atoms with Crippen LogP contribution in [-0.4, -0.2) is 33.1 Å². The molecule has 0 bridgehead atoms. The van der Waals surface area contributed by atoms with Crippen molar-refractivity contribution in [3.63, 3.8) is 0 Å². The molecule has 0 aliphatic carbocycles. The molecule has 0 aliphatic rings. The molecule has 0 spiro atoms. The maximum absolute atomic E-state index is 4.22. The van der Waals surface area contributed by atoms with Crippen LogP contribution < -0.4 is 15.5 Å². The summed E-state index contributed by atoms with van der Waals surface area (Å²) in [6.45, 7) is 5.09. The molecule has 0 aliphatic heterocycles. The summed E-state index contributed by atoms with van der Waals surface area (Å²) in [7, 11) is 5.89. The third-order valence-corrected chi connectivity index (χ3v) is 3.13. The van der Waals surface area contributed by atoms with E-state index in [0.717, 1.165) is 18.9 Å². The van der Waals surface area contributed by atoms with Crippen molar-refractivity contribution in [2.45, 2.75) is 32.9 Å². The van der Waals surface area contributed by atoms with Crippen LogP contribution >= 0.6 is 0 Å². The quantitative estimate of drug-likeness (QED) is 0.631. The monoisotopic (exact) mass is 262 g/mol. The zero-order chi connectivity index (χ0) is 14.3. The molecule has 0 heterocycles. The van der Waals surface area contributed by atoms with Crippen molar-refractivity contribution in [1.82, 2.24) is 10.6 Å². The Labute approximate surface area is 116 Å². The van der Waals surface area contributed by atoms with Crippen LogP contribution in [0.25, 0.3) is 0 Å². The van der Waals surface area contributed by atoms with E-state index < -0.39 is 0 Å². The summed E-state index contributed by atoms with van der Waals surface area (Å²) >= 11 is 0. The summed E-state index contributed by atoms with van der Waals surface area (Å²) in [6.07, 6.45) is 1.08. The van der Waals surface area contributed by atoms with Gasteiger partial charge in [0, 0.05) is 39.4 Å². The van der Waals surface area contributed by atoms with Crippen LogP contribution in [0.15, 0.2) is 29.3 Å². The van der Waals surface area contributed by atoms with Gasteiger partial charge in [-0.3, -0.25) is 4.99 Å². The van der Waals surface area contributed by atoms with Gasteiger partial charge in [0.1, 0.15) is 0 Å². The summed E-state index contributed by atoms with van der Waals surface area (Å²) in [5.41, 5.74) is 2.46. The lowest BCUT2D eigenvalue weighted by molar-refractivity contribution is 0.624. The Morgan fingerprint density at radius 3 is 2.37 bits per heavy atom. The van der Waals surface area contributed by atoms with Crippen LogP contribution in [0.3, 0.4) is 0 Å². The summed E-state index contributed by atoms with van der Waals surface area (Å²) in [5.74, 6) is 0.853. The fourth-order valence-electron chi connectivity index (χ4n) is 1.63. The largest absolute Gasteiger partial charge is 0.378 e. The SMILES string of the molecule is CCC(C)NC(=NC)NCc1ccc(N(C)C)cc1. The van der Waals surface area contributed by atoms with E-state index >= 15 is 0 Å². The molecule has 0 saturated heterocycles. The van der Waals surface area contributed by atoms with Crippen molar-refractivity contribution in [3.8, 4) is 0 Å². The first kappa shape index (κ1) is 15.3. The summed E-state index contributed by atoms with van der Waals surface area (Å²) in [4.78, 5) is 6.32. The molecule has 0 radical (unpaired) electrons. The van der Waals surface area contributed by atoms with Gasteiger partial charge < -0.3 is 15.5 Å². The molecule has 4 heteroatoms. The van der Waals surface area contributed by atoms with Gasteiger partial charge >= 0.3 is 0 Å². The topological polar surface area (TPSA) is 39.7 Å². The smallest absolute Gasteiger partial charge is 0.191 e. The van der Waals surface area contributed by atoms with E-state index in [-0.39, 0.29) is 0 Å². The van der Waals surface area contributed by atoms with E-state index in [1.165, 1.54) is 11.3 Å². The number of hydrogen-bond acceptors (Lipinski definition) is 2. The van der Waals surface area contributed by atoms with Crippen LogP contribution in [0.1, 0.15) is 25.8 Å². The predicted octanol–water partition coefficient (Wildman–Crippen LogP) is 2.22. The van der Waals surface area contributed by atoms with E-state index in [0.29, 0.717) is 6.04 Å². The average molecular weight is 262 g/mol. The van der Waals surface area contributed by atoms with Crippen LogP contribution in [0.4, 0.5) is 5.69 Å². The van der Waals surface area contributed by atoms with Crippen molar-refractivity contribution in [1.29, 1.82) is 0 Å². The summed E-state index contributed by atoms with van der Waals surface area (Å²) < 4.78 is 0. The van der Waals surface area contributed by atoms with Crippen molar-refractivity contribution in [3.05, 3.63) is 29.8 Å². The lowest BCUT2D eigenvalue weighted by atomic mass is 10.2. The predicted molar refractivity (Wildman–Crippen MR) is 83.9 cm³/mol. The highest BCUT2D eigenvalue weighted by molar-refractivity contribution is 5.79. The van der Waals surface area contributed by atoms with Crippen LogP contribution in [0.2, 0.25) is 0 Å². The molecule has 2 N–H and O–H groups in total. The number of guanidine groups is 1. The van der Waals surface area contributed by atoms with E-state index in [9.17, 15) is 0 Å². The van der Waals surface area contributed by atoms with Gasteiger partial charge in [-0.2, -0.15) is 0 Å². The van der Waals surface area contributed by atoms with Gasteiger partial charge in [-0.1, -0.05) is 19.1 Å². The molecule has 0 amide bonds. The Kier molecular flexibility index (Phi) is 6.19. The third-order valence-electron chi connectivity index (χ3n) is 3.13. The van der Waals surface area contributed by atoms with Crippen molar-refractivity contribution in [2.75, 3.05) is 26.0 Å². The third kappa shape index (κ3) is 5.20. The maximum Gasteiger partial charge on any atom is 0.191 e. The fraction of sp³-hybridized carbons (Fsp3) is 0.533. The van der Waals surface area contributed by atoms with Crippen molar-refractivity contribution < 1.29 is 0 Å². The van der Waals surface area contributed by atoms with Crippen molar-refractivity contribution in [2.24, 2.45) is 4.99 Å². The molecule has 0 fully saturated rings. The lowest BCUT2D eigenvalue weighted by Gasteiger charge is -2.17. The minimum Gasteiger partial charge on any atom is -0.378 e. The normalized spacial score (nSPS) is 13.0. The van der Waals surface area contributed by atoms with Gasteiger partial charge in [0.15, 0.2) is 5.96 Å². The molecule has 1 unspecified atom stereocenters. The molecule has 106 valence electrons. The van der Waals surface area contributed by atoms with Gasteiger partial charge in [0.2, 0.25) is 0 Å². The first-order valence-electron chi connectivity index (χ1n) is 6.80. The number of benzene rings is 1. The molecule has 4 nitrogen and oxygen atoms in total.